The number of carbonyl (C=O) groups is 2. The van der Waals surface area contributed by atoms with E-state index in [4.69, 9.17) is 10.2 Å². The van der Waals surface area contributed by atoms with Gasteiger partial charge in [0.05, 0.1) is 0 Å². The SMILES string of the molecule is O=C(O)C1=CC=[C]C(C(=O)O)N1. The number of allylic oxidation sites excluding steroid dienone is 2. The molecule has 0 spiro atoms. The molecule has 0 aromatic rings. The summed E-state index contributed by atoms with van der Waals surface area (Å²) in [5.41, 5.74) is -0.138. The van der Waals surface area contributed by atoms with Crippen LogP contribution in [0.1, 0.15) is 0 Å². The Hall–Kier alpha value is -1.78. The Balaban J connectivity index is 2.74. The average Bonchev–Trinajstić information content (AvgIpc) is 2.04. The minimum atomic E-state index is -1.18. The molecule has 1 rings (SSSR count). The van der Waals surface area contributed by atoms with E-state index in [1.807, 2.05) is 0 Å². The fraction of sp³-hybridized carbons (Fsp3) is 0.143. The number of rotatable bonds is 2. The molecule has 3 N–H and O–H groups in total. The summed E-state index contributed by atoms with van der Waals surface area (Å²) >= 11 is 0. The fourth-order valence-corrected chi connectivity index (χ4v) is 0.739. The molecule has 0 saturated carbocycles. The van der Waals surface area contributed by atoms with Crippen LogP contribution >= 0.6 is 0 Å². The topological polar surface area (TPSA) is 86.6 Å². The molecule has 1 unspecified atom stereocenters. The summed E-state index contributed by atoms with van der Waals surface area (Å²) in [6, 6.07) is -1.07. The molecular weight excluding hydrogens is 162 g/mol. The maximum Gasteiger partial charge on any atom is 0.351 e. The Kier molecular flexibility index (Phi) is 2.14. The number of hydrogen-bond acceptors (Lipinski definition) is 3. The number of nitrogens with one attached hydrogen (secondary N) is 1. The highest BCUT2D eigenvalue weighted by molar-refractivity contribution is 5.88. The average molecular weight is 168 g/mol. The molecule has 0 aliphatic carbocycles. The Morgan fingerprint density at radius 3 is 2.67 bits per heavy atom. The number of hydrogen-bond donors (Lipinski definition) is 3. The minimum Gasteiger partial charge on any atom is -0.479 e. The van der Waals surface area contributed by atoms with E-state index in [1.165, 1.54) is 12.2 Å². The van der Waals surface area contributed by atoms with Crippen LogP contribution in [0.15, 0.2) is 17.8 Å². The predicted octanol–water partition coefficient (Wildman–Crippen LogP) is -0.629. The van der Waals surface area contributed by atoms with Crippen molar-refractivity contribution in [1.82, 2.24) is 5.32 Å². The number of aliphatic carboxylic acids is 2. The summed E-state index contributed by atoms with van der Waals surface area (Å²) in [5, 5.41) is 19.2. The van der Waals surface area contributed by atoms with E-state index in [-0.39, 0.29) is 5.70 Å². The van der Waals surface area contributed by atoms with Gasteiger partial charge in [-0.3, -0.25) is 0 Å². The zero-order valence-corrected chi connectivity index (χ0v) is 5.94. The van der Waals surface area contributed by atoms with Crippen LogP contribution in [0.2, 0.25) is 0 Å². The highest BCUT2D eigenvalue weighted by atomic mass is 16.4. The first-order valence-corrected chi connectivity index (χ1v) is 3.13. The van der Waals surface area contributed by atoms with Crippen molar-refractivity contribution in [2.45, 2.75) is 6.04 Å². The van der Waals surface area contributed by atoms with Gasteiger partial charge in [-0.15, -0.1) is 0 Å². The van der Waals surface area contributed by atoms with Gasteiger partial charge < -0.3 is 15.5 Å². The first-order chi connectivity index (χ1) is 5.61. The molecule has 0 saturated heterocycles. The number of carboxylic acids is 2. The molecule has 12 heavy (non-hydrogen) atoms. The molecule has 0 aromatic heterocycles. The Bertz CT molecular complexity index is 279. The Labute approximate surface area is 68.0 Å². The van der Waals surface area contributed by atoms with Crippen LogP contribution in [-0.4, -0.2) is 28.2 Å². The zero-order valence-electron chi connectivity index (χ0n) is 5.94. The van der Waals surface area contributed by atoms with Gasteiger partial charge in [0.2, 0.25) is 0 Å². The maximum absolute atomic E-state index is 10.4. The lowest BCUT2D eigenvalue weighted by atomic mass is 10.2. The molecule has 1 atom stereocenters. The predicted molar refractivity (Wildman–Crippen MR) is 38.1 cm³/mol. The van der Waals surface area contributed by atoms with Gasteiger partial charge in [-0.1, -0.05) is 6.08 Å². The van der Waals surface area contributed by atoms with Crippen LogP contribution in [0.4, 0.5) is 0 Å². The first-order valence-electron chi connectivity index (χ1n) is 3.13. The lowest BCUT2D eigenvalue weighted by molar-refractivity contribution is -0.138. The van der Waals surface area contributed by atoms with Crippen molar-refractivity contribution in [1.29, 1.82) is 0 Å². The van der Waals surface area contributed by atoms with Crippen molar-refractivity contribution in [3.8, 4) is 0 Å². The number of dihydropyridines is 1. The summed E-state index contributed by atoms with van der Waals surface area (Å²) < 4.78 is 0. The highest BCUT2D eigenvalue weighted by Crippen LogP contribution is 2.01. The van der Waals surface area contributed by atoms with Crippen LogP contribution < -0.4 is 5.32 Å². The third kappa shape index (κ3) is 1.63. The Morgan fingerprint density at radius 2 is 2.17 bits per heavy atom. The molecule has 63 valence electrons. The summed E-state index contributed by atoms with van der Waals surface area (Å²) in [6.45, 7) is 0. The summed E-state index contributed by atoms with van der Waals surface area (Å²) in [5.74, 6) is -2.34. The van der Waals surface area contributed by atoms with E-state index in [0.717, 1.165) is 0 Å². The summed E-state index contributed by atoms with van der Waals surface area (Å²) in [6.07, 6.45) is 4.96. The molecule has 0 bridgehead atoms. The standard InChI is InChI=1S/C7H6NO4/c9-6(10)4-2-1-3-5(8-4)7(11)12/h1-2,5,8H,(H,9,10)(H,11,12). The molecule has 0 amide bonds. The van der Waals surface area contributed by atoms with E-state index in [1.54, 1.807) is 0 Å². The smallest absolute Gasteiger partial charge is 0.351 e. The maximum atomic E-state index is 10.4. The van der Waals surface area contributed by atoms with Gasteiger partial charge in [0, 0.05) is 0 Å². The van der Waals surface area contributed by atoms with Crippen LogP contribution in [0, 0.1) is 6.08 Å². The molecule has 1 aliphatic heterocycles. The van der Waals surface area contributed by atoms with Gasteiger partial charge in [0.25, 0.3) is 0 Å². The van der Waals surface area contributed by atoms with Crippen molar-refractivity contribution in [2.75, 3.05) is 0 Å². The number of carboxylic acid groups (broad SMARTS) is 2. The van der Waals surface area contributed by atoms with Gasteiger partial charge in [-0.05, 0) is 12.2 Å². The normalized spacial score (nSPS) is 21.0. The van der Waals surface area contributed by atoms with Gasteiger partial charge in [0.1, 0.15) is 5.70 Å². The van der Waals surface area contributed by atoms with Crippen molar-refractivity contribution >= 4 is 11.9 Å². The second kappa shape index (κ2) is 3.08. The molecule has 1 aliphatic rings. The fourth-order valence-electron chi connectivity index (χ4n) is 0.739. The summed E-state index contributed by atoms with van der Waals surface area (Å²) in [7, 11) is 0. The van der Waals surface area contributed by atoms with Gasteiger partial charge in [0.15, 0.2) is 6.04 Å². The largest absolute Gasteiger partial charge is 0.479 e. The molecule has 5 nitrogen and oxygen atoms in total. The zero-order chi connectivity index (χ0) is 9.14. The van der Waals surface area contributed by atoms with Gasteiger partial charge >= 0.3 is 11.9 Å². The summed E-state index contributed by atoms with van der Waals surface area (Å²) in [4.78, 5) is 20.7. The Morgan fingerprint density at radius 1 is 1.50 bits per heavy atom. The highest BCUT2D eigenvalue weighted by Gasteiger charge is 2.20. The van der Waals surface area contributed by atoms with Crippen LogP contribution in [0.3, 0.4) is 0 Å². The molecule has 5 heteroatoms. The van der Waals surface area contributed by atoms with Crippen molar-refractivity contribution in [3.63, 3.8) is 0 Å². The lowest BCUT2D eigenvalue weighted by Gasteiger charge is -2.14. The van der Waals surface area contributed by atoms with Crippen LogP contribution in [0.25, 0.3) is 0 Å². The van der Waals surface area contributed by atoms with E-state index in [2.05, 4.69) is 11.4 Å². The minimum absolute atomic E-state index is 0.138. The van der Waals surface area contributed by atoms with E-state index in [0.29, 0.717) is 0 Å². The van der Waals surface area contributed by atoms with Crippen LogP contribution in [0.5, 0.6) is 0 Å². The second-order valence-electron chi connectivity index (χ2n) is 2.13. The molecule has 0 fully saturated rings. The third-order valence-electron chi connectivity index (χ3n) is 1.29. The third-order valence-corrected chi connectivity index (χ3v) is 1.29. The van der Waals surface area contributed by atoms with E-state index >= 15 is 0 Å². The van der Waals surface area contributed by atoms with Crippen LogP contribution in [-0.2, 0) is 9.59 Å². The van der Waals surface area contributed by atoms with Crippen molar-refractivity contribution in [3.05, 3.63) is 23.9 Å². The van der Waals surface area contributed by atoms with E-state index < -0.39 is 18.0 Å². The molecule has 1 heterocycles. The van der Waals surface area contributed by atoms with Gasteiger partial charge in [-0.25, -0.2) is 9.59 Å². The van der Waals surface area contributed by atoms with E-state index in [9.17, 15) is 9.59 Å². The van der Waals surface area contributed by atoms with Crippen molar-refractivity contribution in [2.24, 2.45) is 0 Å². The molecule has 0 aromatic carbocycles. The van der Waals surface area contributed by atoms with Crippen molar-refractivity contribution < 1.29 is 19.8 Å². The molecule has 1 radical (unpaired) electrons. The first kappa shape index (κ1) is 8.32. The lowest BCUT2D eigenvalue weighted by Crippen LogP contribution is -2.38. The quantitative estimate of drug-likeness (QED) is 0.511. The second-order valence-corrected chi connectivity index (χ2v) is 2.13. The monoisotopic (exact) mass is 168 g/mol. The molecular formula is C7H6NO4. The van der Waals surface area contributed by atoms with Gasteiger partial charge in [-0.2, -0.15) is 0 Å².